The number of nitro groups is 1. The highest BCUT2D eigenvalue weighted by atomic mass is 32.2. The Morgan fingerprint density at radius 2 is 1.47 bits per heavy atom. The van der Waals surface area contributed by atoms with Crippen molar-refractivity contribution in [3.63, 3.8) is 0 Å². The third kappa shape index (κ3) is 6.30. The number of ether oxygens (including phenoxy) is 2. The molecule has 4 rings (SSSR count). The average Bonchev–Trinajstić information content (AvgIpc) is 3.15. The molecule has 0 unspecified atom stereocenters. The van der Waals surface area contributed by atoms with Gasteiger partial charge in [-0.2, -0.15) is 5.10 Å². The zero-order valence-corrected chi connectivity index (χ0v) is 19.5. The Morgan fingerprint density at radius 3 is 1.97 bits per heavy atom. The molecule has 4 aromatic rings. The monoisotopic (exact) mass is 484 g/mol. The van der Waals surface area contributed by atoms with E-state index in [9.17, 15) is 10.1 Å². The lowest BCUT2D eigenvalue weighted by atomic mass is 10.1. The van der Waals surface area contributed by atoms with Crippen LogP contribution in [0.25, 0.3) is 10.9 Å². The van der Waals surface area contributed by atoms with Crippen LogP contribution in [-0.4, -0.2) is 37.3 Å². The number of benzene rings is 3. The predicted molar refractivity (Wildman–Crippen MR) is 129 cm³/mol. The number of nitrogens with two attached hydrogens (primary N) is 1. The molecule has 2 N–H and O–H groups in total. The number of methoxy groups -OCH3 is 2. The molecule has 11 heteroatoms. The highest BCUT2D eigenvalue weighted by Gasteiger charge is 2.16. The molecule has 0 bridgehead atoms. The maximum atomic E-state index is 11.3. The number of non-ortho nitro benzene ring substituents is 1. The number of hydrogen-bond acceptors (Lipinski definition) is 7. The van der Waals surface area contributed by atoms with Crippen molar-refractivity contribution in [3.05, 3.63) is 93.7 Å². The van der Waals surface area contributed by atoms with Crippen molar-refractivity contribution in [3.8, 4) is 11.5 Å². The van der Waals surface area contributed by atoms with E-state index < -0.39 is 10.9 Å². The second-order valence-electron chi connectivity index (χ2n) is 7.22. The van der Waals surface area contributed by atoms with Gasteiger partial charge in [-0.25, -0.2) is 13.6 Å². The van der Waals surface area contributed by atoms with E-state index >= 15 is 0 Å². The predicted octanol–water partition coefficient (Wildman–Crippen LogP) is 3.07. The Balaban J connectivity index is 0.000000751. The topological polar surface area (TPSA) is 140 Å². The van der Waals surface area contributed by atoms with Crippen LogP contribution < -0.4 is 14.6 Å². The number of nitrogens with zero attached hydrogens (tertiary/aromatic N) is 3. The fraction of sp³-hybridized carbons (Fsp3) is 0.174. The highest BCUT2D eigenvalue weighted by Crippen LogP contribution is 2.27. The number of hydrogen-bond donors (Lipinski definition) is 2. The maximum absolute atomic E-state index is 11.3. The molecule has 0 amide bonds. The van der Waals surface area contributed by atoms with Gasteiger partial charge < -0.3 is 9.47 Å². The lowest BCUT2D eigenvalue weighted by Gasteiger charge is -2.10. The van der Waals surface area contributed by atoms with Crippen molar-refractivity contribution < 1.29 is 22.8 Å². The van der Waals surface area contributed by atoms with Crippen LogP contribution in [0.5, 0.6) is 11.5 Å². The van der Waals surface area contributed by atoms with Gasteiger partial charge in [-0.05, 0) is 41.5 Å². The van der Waals surface area contributed by atoms with E-state index in [2.05, 4.69) is 5.14 Å². The molecule has 10 nitrogen and oxygen atoms in total. The summed E-state index contributed by atoms with van der Waals surface area (Å²) in [5.74, 6) is 1.57. The highest BCUT2D eigenvalue weighted by molar-refractivity contribution is 7.69. The van der Waals surface area contributed by atoms with Crippen LogP contribution in [0.4, 0.5) is 5.69 Å². The lowest BCUT2D eigenvalue weighted by molar-refractivity contribution is -0.384. The number of rotatable bonds is 7. The third-order valence-electron chi connectivity index (χ3n) is 5.06. The van der Waals surface area contributed by atoms with Crippen molar-refractivity contribution in [2.75, 3.05) is 14.2 Å². The molecule has 0 saturated carbocycles. The quantitative estimate of drug-likeness (QED) is 0.233. The Morgan fingerprint density at radius 1 is 0.941 bits per heavy atom. The summed E-state index contributed by atoms with van der Waals surface area (Å²) in [4.78, 5) is 10.9. The minimum Gasteiger partial charge on any atom is -0.497 e. The lowest BCUT2D eigenvalue weighted by Crippen LogP contribution is -2.07. The molecule has 34 heavy (non-hydrogen) atoms. The molecule has 0 atom stereocenters. The van der Waals surface area contributed by atoms with E-state index in [1.54, 1.807) is 26.4 Å². The number of fused-ring (bicyclic) bond motifs is 1. The SMILES string of the molecule is COc1ccc(Cc2c3cc([N+](=O)[O-])ccc3nn2Cc2ccc(OC)cc2)cc1.N[SH](=O)=O. The maximum Gasteiger partial charge on any atom is 0.270 e. The molecule has 178 valence electrons. The summed E-state index contributed by atoms with van der Waals surface area (Å²) in [7, 11) is 0.644. The molecule has 0 spiro atoms. The van der Waals surface area contributed by atoms with Gasteiger partial charge in [0.2, 0.25) is 0 Å². The van der Waals surface area contributed by atoms with Crippen molar-refractivity contribution in [1.29, 1.82) is 0 Å². The molecule has 0 aliphatic carbocycles. The van der Waals surface area contributed by atoms with Crippen LogP contribution in [0.15, 0.2) is 66.7 Å². The Bertz CT molecular complexity index is 1340. The summed E-state index contributed by atoms with van der Waals surface area (Å²) in [6, 6.07) is 20.4. The zero-order chi connectivity index (χ0) is 24.7. The van der Waals surface area contributed by atoms with E-state index in [4.69, 9.17) is 23.0 Å². The Hall–Kier alpha value is -3.96. The van der Waals surface area contributed by atoms with Gasteiger partial charge in [0.1, 0.15) is 11.5 Å². The van der Waals surface area contributed by atoms with Crippen LogP contribution in [0.1, 0.15) is 16.8 Å². The molecule has 0 aliphatic heterocycles. The van der Waals surface area contributed by atoms with Crippen LogP contribution in [0.3, 0.4) is 0 Å². The summed E-state index contributed by atoms with van der Waals surface area (Å²) in [6.45, 7) is 0.554. The summed E-state index contributed by atoms with van der Waals surface area (Å²) in [6.07, 6.45) is 0.595. The minimum absolute atomic E-state index is 0.0579. The Labute approximate surface area is 197 Å². The van der Waals surface area contributed by atoms with Gasteiger partial charge in [-0.3, -0.25) is 14.8 Å². The van der Waals surface area contributed by atoms with Gasteiger partial charge in [-0.15, -0.1) is 0 Å². The van der Waals surface area contributed by atoms with Gasteiger partial charge >= 0.3 is 0 Å². The fourth-order valence-electron chi connectivity index (χ4n) is 3.44. The van der Waals surface area contributed by atoms with Crippen molar-refractivity contribution in [2.45, 2.75) is 13.0 Å². The molecule has 3 aromatic carbocycles. The second-order valence-corrected chi connectivity index (χ2v) is 7.79. The smallest absolute Gasteiger partial charge is 0.270 e. The first kappa shape index (κ1) is 24.7. The van der Waals surface area contributed by atoms with E-state index in [1.807, 2.05) is 53.2 Å². The van der Waals surface area contributed by atoms with Crippen LogP contribution in [-0.2, 0) is 23.9 Å². The van der Waals surface area contributed by atoms with Gasteiger partial charge in [0.15, 0.2) is 10.9 Å². The van der Waals surface area contributed by atoms with Crippen LogP contribution >= 0.6 is 0 Å². The molecule has 1 heterocycles. The molecule has 0 fully saturated rings. The minimum atomic E-state index is -2.62. The summed E-state index contributed by atoms with van der Waals surface area (Å²) in [5, 5.41) is 20.9. The standard InChI is InChI=1S/C23H21N3O4.H3NO2S/c1-29-19-8-3-16(4-9-19)13-23-21-14-18(26(27)28)7-12-22(21)24-25(23)15-17-5-10-20(30-2)11-6-17;1-4(2)3/h3-12,14H,13,15H2,1-2H3;4H,(H2,1,2,3). The fourth-order valence-corrected chi connectivity index (χ4v) is 3.44. The van der Waals surface area contributed by atoms with Crippen LogP contribution in [0, 0.1) is 10.1 Å². The molecule has 0 aliphatic rings. The average molecular weight is 485 g/mol. The summed E-state index contributed by atoms with van der Waals surface area (Å²) < 4.78 is 30.0. The van der Waals surface area contributed by atoms with Crippen molar-refractivity contribution in [2.24, 2.45) is 5.14 Å². The normalized spacial score (nSPS) is 10.6. The first-order valence-electron chi connectivity index (χ1n) is 10.1. The van der Waals surface area contributed by atoms with Gasteiger partial charge in [-0.1, -0.05) is 24.3 Å². The van der Waals surface area contributed by atoms with Gasteiger partial charge in [0, 0.05) is 23.9 Å². The van der Waals surface area contributed by atoms with Gasteiger partial charge in [0.25, 0.3) is 5.69 Å². The molecular formula is C23H24N4O6S. The second kappa shape index (κ2) is 11.3. The van der Waals surface area contributed by atoms with Crippen molar-refractivity contribution >= 4 is 27.5 Å². The number of aromatic nitrogens is 2. The Kier molecular flexibility index (Phi) is 8.17. The molecular weight excluding hydrogens is 460 g/mol. The van der Waals surface area contributed by atoms with Crippen molar-refractivity contribution in [1.82, 2.24) is 9.78 Å². The first-order valence-corrected chi connectivity index (χ1v) is 11.3. The van der Waals surface area contributed by atoms with Crippen LogP contribution in [0.2, 0.25) is 0 Å². The molecule has 0 radical (unpaired) electrons. The summed E-state index contributed by atoms with van der Waals surface area (Å²) >= 11 is 0. The largest absolute Gasteiger partial charge is 0.497 e. The van der Waals surface area contributed by atoms with E-state index in [-0.39, 0.29) is 10.6 Å². The number of nitro benzene ring substituents is 1. The van der Waals surface area contributed by atoms with E-state index in [0.717, 1.165) is 39.2 Å². The zero-order valence-electron chi connectivity index (χ0n) is 18.6. The first-order chi connectivity index (χ1) is 16.3. The summed E-state index contributed by atoms with van der Waals surface area (Å²) in [5.41, 5.74) is 3.85. The van der Waals surface area contributed by atoms with E-state index in [1.165, 1.54) is 6.07 Å². The van der Waals surface area contributed by atoms with E-state index in [0.29, 0.717) is 13.0 Å². The number of thiol groups is 1. The molecule has 1 aromatic heterocycles. The van der Waals surface area contributed by atoms with Gasteiger partial charge in [0.05, 0.1) is 36.9 Å². The third-order valence-corrected chi connectivity index (χ3v) is 5.06. The molecule has 0 saturated heterocycles.